The van der Waals surface area contributed by atoms with Crippen LogP contribution in [0.2, 0.25) is 0 Å². The second kappa shape index (κ2) is 11.8. The Morgan fingerprint density at radius 3 is 2.50 bits per heavy atom. The van der Waals surface area contributed by atoms with Crippen molar-refractivity contribution < 1.29 is 28.2 Å². The van der Waals surface area contributed by atoms with Crippen LogP contribution >= 0.6 is 11.3 Å². The van der Waals surface area contributed by atoms with E-state index in [9.17, 15) is 18.8 Å². The fourth-order valence-corrected chi connectivity index (χ4v) is 4.77. The van der Waals surface area contributed by atoms with Gasteiger partial charge in [0.2, 0.25) is 5.91 Å². The molecular formula is C24H28FN3O5S. The minimum atomic E-state index is -0.618. The van der Waals surface area contributed by atoms with Crippen LogP contribution < -0.4 is 10.2 Å². The van der Waals surface area contributed by atoms with Crippen molar-refractivity contribution in [1.29, 1.82) is 0 Å². The van der Waals surface area contributed by atoms with E-state index >= 15 is 0 Å². The number of ether oxygens (including phenoxy) is 2. The van der Waals surface area contributed by atoms with Crippen molar-refractivity contribution >= 4 is 39.9 Å². The number of benzene rings is 1. The van der Waals surface area contributed by atoms with Gasteiger partial charge in [0.15, 0.2) is 0 Å². The summed E-state index contributed by atoms with van der Waals surface area (Å²) in [6, 6.07) is 6.62. The second-order valence-electron chi connectivity index (χ2n) is 7.63. The molecule has 0 atom stereocenters. The van der Waals surface area contributed by atoms with E-state index in [1.165, 1.54) is 12.1 Å². The molecule has 2 aromatic rings. The lowest BCUT2D eigenvalue weighted by molar-refractivity contribution is -0.117. The summed E-state index contributed by atoms with van der Waals surface area (Å²) in [5, 5.41) is 3.00. The van der Waals surface area contributed by atoms with Crippen molar-refractivity contribution in [2.75, 3.05) is 56.2 Å². The van der Waals surface area contributed by atoms with E-state index in [2.05, 4.69) is 11.9 Å². The van der Waals surface area contributed by atoms with Crippen molar-refractivity contribution in [3.63, 3.8) is 0 Å². The Morgan fingerprint density at radius 1 is 1.15 bits per heavy atom. The smallest absolute Gasteiger partial charge is 0.348 e. The van der Waals surface area contributed by atoms with Gasteiger partial charge in [0.25, 0.3) is 0 Å². The monoisotopic (exact) mass is 489 g/mol. The van der Waals surface area contributed by atoms with E-state index in [0.717, 1.165) is 11.3 Å². The van der Waals surface area contributed by atoms with Crippen molar-refractivity contribution in [3.8, 4) is 0 Å². The third-order valence-corrected chi connectivity index (χ3v) is 6.52. The molecule has 1 fully saturated rings. The van der Waals surface area contributed by atoms with Crippen LogP contribution in [0.3, 0.4) is 0 Å². The summed E-state index contributed by atoms with van der Waals surface area (Å²) in [6.07, 6.45) is 1.45. The molecule has 0 saturated carbocycles. The fraction of sp³-hybridized carbons (Fsp3) is 0.375. The number of carbonyl (C=O) groups is 3. The highest BCUT2D eigenvalue weighted by Crippen LogP contribution is 2.34. The Morgan fingerprint density at radius 2 is 1.85 bits per heavy atom. The van der Waals surface area contributed by atoms with Crippen LogP contribution in [0.25, 0.3) is 0 Å². The van der Waals surface area contributed by atoms with E-state index < -0.39 is 11.9 Å². The maximum atomic E-state index is 14.0. The highest BCUT2D eigenvalue weighted by Gasteiger charge is 2.28. The number of hydrogen-bond acceptors (Lipinski definition) is 8. The molecule has 1 aliphatic heterocycles. The summed E-state index contributed by atoms with van der Waals surface area (Å²) in [5.74, 6) is -1.81. The Bertz CT molecular complexity index is 1060. The van der Waals surface area contributed by atoms with E-state index in [4.69, 9.17) is 9.47 Å². The zero-order valence-corrected chi connectivity index (χ0v) is 20.1. The topological polar surface area (TPSA) is 88.2 Å². The van der Waals surface area contributed by atoms with E-state index in [-0.39, 0.29) is 46.9 Å². The Kier molecular flexibility index (Phi) is 8.78. The van der Waals surface area contributed by atoms with Gasteiger partial charge in [0.1, 0.15) is 22.3 Å². The van der Waals surface area contributed by atoms with E-state index in [1.807, 2.05) is 9.80 Å². The van der Waals surface area contributed by atoms with Gasteiger partial charge in [-0.25, -0.2) is 14.0 Å². The lowest BCUT2D eigenvalue weighted by Crippen LogP contribution is -2.48. The normalized spacial score (nSPS) is 13.9. The molecule has 1 amide bonds. The molecule has 34 heavy (non-hydrogen) atoms. The van der Waals surface area contributed by atoms with Crippen molar-refractivity contribution in [2.24, 2.45) is 0 Å². The molecule has 182 valence electrons. The number of amides is 1. The van der Waals surface area contributed by atoms with Crippen LogP contribution in [0, 0.1) is 12.7 Å². The first-order valence-electron chi connectivity index (χ1n) is 11.0. The molecule has 1 aromatic carbocycles. The number of para-hydroxylation sites is 1. The molecule has 3 rings (SSSR count). The molecule has 8 nitrogen and oxygen atoms in total. The summed E-state index contributed by atoms with van der Waals surface area (Å²) in [7, 11) is 0. The number of nitrogens with zero attached hydrogens (tertiary/aromatic N) is 2. The maximum Gasteiger partial charge on any atom is 0.348 e. The molecule has 0 radical (unpaired) electrons. The highest BCUT2D eigenvalue weighted by atomic mass is 32.1. The number of esters is 2. The quantitative estimate of drug-likeness (QED) is 0.426. The van der Waals surface area contributed by atoms with Crippen LogP contribution in [0.5, 0.6) is 0 Å². The maximum absolute atomic E-state index is 14.0. The number of hydrogen-bond donors (Lipinski definition) is 1. The predicted molar refractivity (Wildman–Crippen MR) is 129 cm³/mol. The van der Waals surface area contributed by atoms with Gasteiger partial charge in [-0.15, -0.1) is 11.3 Å². The van der Waals surface area contributed by atoms with Crippen molar-refractivity contribution in [3.05, 3.63) is 58.7 Å². The molecule has 1 N–H and O–H groups in total. The summed E-state index contributed by atoms with van der Waals surface area (Å²) in [4.78, 5) is 41.8. The van der Waals surface area contributed by atoms with Gasteiger partial charge in [-0.1, -0.05) is 24.8 Å². The van der Waals surface area contributed by atoms with Gasteiger partial charge in [0.05, 0.1) is 24.4 Å². The van der Waals surface area contributed by atoms with E-state index in [0.29, 0.717) is 37.4 Å². The third kappa shape index (κ3) is 6.00. The average molecular weight is 490 g/mol. The van der Waals surface area contributed by atoms with E-state index in [1.54, 1.807) is 32.0 Å². The van der Waals surface area contributed by atoms with Crippen LogP contribution in [-0.2, 0) is 14.3 Å². The van der Waals surface area contributed by atoms with Crippen LogP contribution in [0.1, 0.15) is 32.5 Å². The summed E-state index contributed by atoms with van der Waals surface area (Å²) >= 11 is 0.978. The van der Waals surface area contributed by atoms with Gasteiger partial charge in [-0.3, -0.25) is 9.69 Å². The lowest BCUT2D eigenvalue weighted by Gasteiger charge is -2.35. The SMILES string of the molecule is C=CCOC(=O)c1sc(NC(=O)CN2CCN(c3ccccc3F)CC2)c(C(=O)OCC)c1C. The Hall–Kier alpha value is -3.24. The van der Waals surface area contributed by atoms with Gasteiger partial charge in [0, 0.05) is 26.2 Å². The summed E-state index contributed by atoms with van der Waals surface area (Å²) in [5.41, 5.74) is 1.09. The lowest BCUT2D eigenvalue weighted by atomic mass is 10.1. The largest absolute Gasteiger partial charge is 0.462 e. The molecule has 10 heteroatoms. The summed E-state index contributed by atoms with van der Waals surface area (Å²) < 4.78 is 24.3. The minimum absolute atomic E-state index is 0.0332. The molecule has 0 spiro atoms. The molecule has 0 unspecified atom stereocenters. The first kappa shape index (κ1) is 25.4. The molecule has 0 aliphatic carbocycles. The standard InChI is InChI=1S/C24H28FN3O5S/c1-4-14-33-24(31)21-16(3)20(23(30)32-5-2)22(34-21)26-19(29)15-27-10-12-28(13-11-27)18-9-7-6-8-17(18)25/h4,6-9H,1,5,10-15H2,2-3H3,(H,26,29). The fourth-order valence-electron chi connectivity index (χ4n) is 3.67. The second-order valence-corrected chi connectivity index (χ2v) is 8.65. The first-order valence-corrected chi connectivity index (χ1v) is 11.8. The van der Waals surface area contributed by atoms with Crippen LogP contribution in [-0.4, -0.2) is 68.7 Å². The molecule has 1 saturated heterocycles. The van der Waals surface area contributed by atoms with Crippen molar-refractivity contribution in [1.82, 2.24) is 4.90 Å². The number of carbonyl (C=O) groups excluding carboxylic acids is 3. The Labute approximate surface area is 201 Å². The minimum Gasteiger partial charge on any atom is -0.462 e. The Balaban J connectivity index is 1.66. The van der Waals surface area contributed by atoms with Gasteiger partial charge < -0.3 is 19.7 Å². The number of thiophene rings is 1. The molecule has 2 heterocycles. The molecule has 0 bridgehead atoms. The average Bonchev–Trinajstić information content (AvgIpc) is 3.14. The number of piperazine rings is 1. The summed E-state index contributed by atoms with van der Waals surface area (Å²) in [6.45, 7) is 9.42. The zero-order valence-electron chi connectivity index (χ0n) is 19.3. The zero-order chi connectivity index (χ0) is 24.7. The number of nitrogens with one attached hydrogen (secondary N) is 1. The van der Waals surface area contributed by atoms with Crippen LogP contribution in [0.15, 0.2) is 36.9 Å². The third-order valence-electron chi connectivity index (χ3n) is 5.33. The number of halogens is 1. The molecule has 1 aromatic heterocycles. The van der Waals surface area contributed by atoms with Crippen LogP contribution in [0.4, 0.5) is 15.1 Å². The van der Waals surface area contributed by atoms with Gasteiger partial charge in [-0.2, -0.15) is 0 Å². The molecular weight excluding hydrogens is 461 g/mol. The number of anilines is 2. The first-order chi connectivity index (χ1) is 16.3. The number of rotatable bonds is 9. The predicted octanol–water partition coefficient (Wildman–Crippen LogP) is 3.48. The highest BCUT2D eigenvalue weighted by molar-refractivity contribution is 7.18. The van der Waals surface area contributed by atoms with Gasteiger partial charge >= 0.3 is 11.9 Å². The molecule has 1 aliphatic rings. The van der Waals surface area contributed by atoms with Crippen molar-refractivity contribution in [2.45, 2.75) is 13.8 Å². The van der Waals surface area contributed by atoms with Gasteiger partial charge in [-0.05, 0) is 31.5 Å².